The number of rotatable bonds is 5. The van der Waals surface area contributed by atoms with E-state index in [4.69, 9.17) is 0 Å². The number of hydrogen-bond donors (Lipinski definition) is 2. The van der Waals surface area contributed by atoms with E-state index in [1.165, 1.54) is 31.1 Å². The van der Waals surface area contributed by atoms with Crippen LogP contribution in [0.4, 0.5) is 5.69 Å². The summed E-state index contributed by atoms with van der Waals surface area (Å²) < 4.78 is 32.2. The van der Waals surface area contributed by atoms with Gasteiger partial charge in [0, 0.05) is 11.9 Å². The van der Waals surface area contributed by atoms with E-state index in [0.29, 0.717) is 11.3 Å². The molecular weight excluding hydrogens is 320 g/mol. The molecule has 11 heteroatoms. The molecule has 0 aliphatic heterocycles. The predicted octanol–water partition coefficient (Wildman–Crippen LogP) is -0.0849. The molecule has 0 saturated heterocycles. The van der Waals surface area contributed by atoms with Gasteiger partial charge in [0.2, 0.25) is 0 Å². The number of anilines is 1. The molecule has 2 aromatic rings. The molecule has 0 radical (unpaired) electrons. The van der Waals surface area contributed by atoms with Gasteiger partial charge in [-0.1, -0.05) is 11.3 Å². The van der Waals surface area contributed by atoms with Crippen LogP contribution in [0.1, 0.15) is 5.69 Å². The van der Waals surface area contributed by atoms with Crippen molar-refractivity contribution in [1.82, 2.24) is 14.8 Å². The summed E-state index contributed by atoms with van der Waals surface area (Å²) in [5, 5.41) is 3.83. The maximum absolute atomic E-state index is 12.1. The van der Waals surface area contributed by atoms with Gasteiger partial charge in [-0.15, -0.1) is 0 Å². The van der Waals surface area contributed by atoms with E-state index in [2.05, 4.69) is 19.5 Å². The van der Waals surface area contributed by atoms with E-state index in [1.807, 2.05) is 0 Å². The quantitative estimate of drug-likeness (QED) is 0.738. The van der Waals surface area contributed by atoms with E-state index in [1.54, 1.807) is 0 Å². The zero-order valence-electron chi connectivity index (χ0n) is 11.1. The molecule has 0 bridgehead atoms. The Hall–Kier alpha value is -2.14. The van der Waals surface area contributed by atoms with Gasteiger partial charge in [0.1, 0.15) is 6.54 Å². The highest BCUT2D eigenvalue weighted by atomic mass is 32.2. The number of aromatic nitrogens is 3. The second-order valence-corrected chi connectivity index (χ2v) is 6.90. The third kappa shape index (κ3) is 3.49. The number of aryl methyl sites for hydroxylation is 1. The van der Waals surface area contributed by atoms with Gasteiger partial charge in [-0.25, -0.2) is 8.42 Å². The summed E-state index contributed by atoms with van der Waals surface area (Å²) in [4.78, 5) is 24.2. The van der Waals surface area contributed by atoms with E-state index in [9.17, 15) is 18.0 Å². The van der Waals surface area contributed by atoms with Crippen molar-refractivity contribution in [3.63, 3.8) is 0 Å². The maximum atomic E-state index is 12.1. The number of nitrogens with zero attached hydrogens (tertiary/aromatic N) is 2. The van der Waals surface area contributed by atoms with Crippen molar-refractivity contribution in [2.24, 2.45) is 0 Å². The molecule has 0 aliphatic carbocycles. The lowest BCUT2D eigenvalue weighted by atomic mass is 10.6. The van der Waals surface area contributed by atoms with Gasteiger partial charge < -0.3 is 9.72 Å². The molecule has 114 valence electrons. The lowest BCUT2D eigenvalue weighted by molar-refractivity contribution is -0.141. The SMILES string of the molecule is COC(=O)Cn1cc(NS(=O)(=O)c2sc(=O)[nH]c2C)cn1. The average molecular weight is 332 g/mol. The minimum absolute atomic E-state index is 0.0896. The highest BCUT2D eigenvalue weighted by Crippen LogP contribution is 2.19. The molecule has 0 amide bonds. The number of esters is 1. The molecule has 0 fully saturated rings. The fraction of sp³-hybridized carbons (Fsp3) is 0.300. The number of thiazole rings is 1. The van der Waals surface area contributed by atoms with Crippen molar-refractivity contribution in [3.8, 4) is 0 Å². The third-order valence-corrected chi connectivity index (χ3v) is 5.42. The molecule has 0 saturated carbocycles. The number of carbonyl (C=O) groups excluding carboxylic acids is 1. The molecule has 2 aromatic heterocycles. The molecule has 2 heterocycles. The van der Waals surface area contributed by atoms with Crippen LogP contribution in [0.25, 0.3) is 0 Å². The summed E-state index contributed by atoms with van der Waals surface area (Å²) in [6, 6.07) is 0. The molecule has 0 aliphatic rings. The van der Waals surface area contributed by atoms with Gasteiger partial charge in [-0.05, 0) is 6.92 Å². The van der Waals surface area contributed by atoms with Gasteiger partial charge >= 0.3 is 10.8 Å². The molecule has 9 nitrogen and oxygen atoms in total. The van der Waals surface area contributed by atoms with Gasteiger partial charge in [0.05, 0.1) is 19.0 Å². The Morgan fingerprint density at radius 3 is 2.86 bits per heavy atom. The van der Waals surface area contributed by atoms with Crippen molar-refractivity contribution in [2.45, 2.75) is 17.7 Å². The first-order valence-corrected chi connectivity index (χ1v) is 7.93. The molecule has 0 unspecified atom stereocenters. The van der Waals surface area contributed by atoms with Crippen LogP contribution >= 0.6 is 11.3 Å². The van der Waals surface area contributed by atoms with Crippen LogP contribution < -0.4 is 9.60 Å². The normalized spacial score (nSPS) is 11.3. The summed E-state index contributed by atoms with van der Waals surface area (Å²) >= 11 is 0.599. The Labute approximate surface area is 123 Å². The van der Waals surface area contributed by atoms with Crippen molar-refractivity contribution >= 4 is 33.0 Å². The number of nitrogens with one attached hydrogen (secondary N) is 2. The zero-order chi connectivity index (χ0) is 15.6. The van der Waals surface area contributed by atoms with Crippen LogP contribution in [0.15, 0.2) is 21.4 Å². The maximum Gasteiger partial charge on any atom is 0.327 e. The molecular formula is C10H12N4O5S2. The third-order valence-electron chi connectivity index (χ3n) is 2.43. The number of carbonyl (C=O) groups is 1. The number of methoxy groups -OCH3 is 1. The van der Waals surface area contributed by atoms with Crippen molar-refractivity contribution in [2.75, 3.05) is 11.8 Å². The summed E-state index contributed by atoms with van der Waals surface area (Å²) in [6.45, 7) is 1.36. The van der Waals surface area contributed by atoms with Gasteiger partial charge in [-0.2, -0.15) is 5.10 Å². The van der Waals surface area contributed by atoms with Gasteiger partial charge in [0.25, 0.3) is 10.0 Å². The Balaban J connectivity index is 2.20. The molecule has 0 spiro atoms. The average Bonchev–Trinajstić information content (AvgIpc) is 2.95. The smallest absolute Gasteiger partial charge is 0.327 e. The molecule has 0 aromatic carbocycles. The first-order chi connectivity index (χ1) is 9.81. The van der Waals surface area contributed by atoms with Crippen LogP contribution in [0.3, 0.4) is 0 Å². The van der Waals surface area contributed by atoms with E-state index in [0.717, 1.165) is 0 Å². The summed E-state index contributed by atoms with van der Waals surface area (Å²) in [7, 11) is -2.63. The van der Waals surface area contributed by atoms with Crippen LogP contribution in [0.5, 0.6) is 0 Å². The van der Waals surface area contributed by atoms with E-state index < -0.39 is 20.9 Å². The second kappa shape index (κ2) is 5.69. The van der Waals surface area contributed by atoms with E-state index >= 15 is 0 Å². The number of sulfonamides is 1. The Morgan fingerprint density at radius 2 is 2.29 bits per heavy atom. The minimum Gasteiger partial charge on any atom is -0.468 e. The predicted molar refractivity (Wildman–Crippen MR) is 74.7 cm³/mol. The summed E-state index contributed by atoms with van der Waals surface area (Å²) in [6.07, 6.45) is 2.60. The van der Waals surface area contributed by atoms with Crippen molar-refractivity contribution in [1.29, 1.82) is 0 Å². The lowest BCUT2D eigenvalue weighted by Gasteiger charge is -2.03. The number of hydrogen-bond acceptors (Lipinski definition) is 7. The first-order valence-electron chi connectivity index (χ1n) is 5.63. The fourth-order valence-corrected chi connectivity index (χ4v) is 3.88. The zero-order valence-corrected chi connectivity index (χ0v) is 12.7. The number of aromatic amines is 1. The highest BCUT2D eigenvalue weighted by Gasteiger charge is 2.21. The van der Waals surface area contributed by atoms with Crippen LogP contribution in [0.2, 0.25) is 0 Å². The topological polar surface area (TPSA) is 123 Å². The molecule has 2 rings (SSSR count). The van der Waals surface area contributed by atoms with Crippen molar-refractivity contribution < 1.29 is 17.9 Å². The standard InChI is InChI=1S/C10H12N4O5S2/c1-6-9(20-10(16)12-6)21(17,18)13-7-3-11-14(4-7)5-8(15)19-2/h3-4,13H,5H2,1-2H3,(H,12,16). The molecule has 21 heavy (non-hydrogen) atoms. The van der Waals surface area contributed by atoms with Crippen molar-refractivity contribution in [3.05, 3.63) is 27.8 Å². The first kappa shape index (κ1) is 15.3. The largest absolute Gasteiger partial charge is 0.468 e. The monoisotopic (exact) mass is 332 g/mol. The Bertz CT molecular complexity index is 817. The van der Waals surface area contributed by atoms with Gasteiger partial charge in [-0.3, -0.25) is 19.0 Å². The van der Waals surface area contributed by atoms with Crippen LogP contribution in [-0.4, -0.2) is 36.3 Å². The minimum atomic E-state index is -3.88. The van der Waals surface area contributed by atoms with E-state index in [-0.39, 0.29) is 22.1 Å². The summed E-state index contributed by atoms with van der Waals surface area (Å²) in [5.41, 5.74) is 0.443. The number of ether oxygens (including phenoxy) is 1. The number of H-pyrrole nitrogens is 1. The summed E-state index contributed by atoms with van der Waals surface area (Å²) in [5.74, 6) is -0.507. The molecule has 2 N–H and O–H groups in total. The lowest BCUT2D eigenvalue weighted by Crippen LogP contribution is -2.13. The van der Waals surface area contributed by atoms with Gasteiger partial charge in [0.15, 0.2) is 4.21 Å². The fourth-order valence-electron chi connectivity index (χ4n) is 1.55. The molecule has 0 atom stereocenters. The Kier molecular flexibility index (Phi) is 4.14. The van der Waals surface area contributed by atoms with Crippen LogP contribution in [0, 0.1) is 6.92 Å². The second-order valence-electron chi connectivity index (χ2n) is 4.04. The Morgan fingerprint density at radius 1 is 1.57 bits per heavy atom. The van der Waals surface area contributed by atoms with Crippen LogP contribution in [-0.2, 0) is 26.1 Å². The highest BCUT2D eigenvalue weighted by molar-refractivity contribution is 7.94.